The zero-order valence-corrected chi connectivity index (χ0v) is 16.1. The number of hydrogen-bond donors (Lipinski definition) is 2. The summed E-state index contributed by atoms with van der Waals surface area (Å²) in [6.07, 6.45) is 1.02. The van der Waals surface area contributed by atoms with E-state index in [1.54, 1.807) is 25.3 Å². The van der Waals surface area contributed by atoms with E-state index in [1.807, 2.05) is 24.3 Å². The fourth-order valence-corrected chi connectivity index (χ4v) is 2.47. The van der Waals surface area contributed by atoms with Crippen LogP contribution in [0.25, 0.3) is 0 Å². The summed E-state index contributed by atoms with van der Waals surface area (Å²) in [6.45, 7) is 5.19. The Hall–Kier alpha value is -2.40. The summed E-state index contributed by atoms with van der Waals surface area (Å²) in [5, 5.41) is 6.32. The van der Waals surface area contributed by atoms with Crippen LogP contribution in [0.1, 0.15) is 20.3 Å². The highest BCUT2D eigenvalue weighted by Gasteiger charge is 2.06. The zero-order chi connectivity index (χ0) is 18.9. The largest absolute Gasteiger partial charge is 0.495 e. The van der Waals surface area contributed by atoms with Crippen molar-refractivity contribution in [2.45, 2.75) is 20.3 Å². The predicted molar refractivity (Wildman–Crippen MR) is 107 cm³/mol. The molecule has 0 saturated heterocycles. The van der Waals surface area contributed by atoms with E-state index in [0.717, 1.165) is 17.9 Å². The fourth-order valence-electron chi connectivity index (χ4n) is 2.21. The lowest BCUT2D eigenvalue weighted by Crippen LogP contribution is -2.21. The molecule has 0 aromatic heterocycles. The molecule has 0 atom stereocenters. The summed E-state index contributed by atoms with van der Waals surface area (Å²) in [4.78, 5) is 12.1. The molecule has 0 fully saturated rings. The van der Waals surface area contributed by atoms with Crippen LogP contribution in [0.2, 0.25) is 5.02 Å². The molecule has 0 aliphatic heterocycles. The summed E-state index contributed by atoms with van der Waals surface area (Å²) in [6, 6.07) is 12.7. The Balaban J connectivity index is 1.79. The van der Waals surface area contributed by atoms with Gasteiger partial charge in [0.1, 0.15) is 11.5 Å². The molecule has 0 aliphatic carbocycles. The second-order valence-corrected chi connectivity index (χ2v) is 6.71. The third-order valence-electron chi connectivity index (χ3n) is 3.71. The first-order chi connectivity index (χ1) is 12.5. The van der Waals surface area contributed by atoms with Crippen molar-refractivity contribution < 1.29 is 14.3 Å². The summed E-state index contributed by atoms with van der Waals surface area (Å²) in [5.41, 5.74) is 1.47. The minimum absolute atomic E-state index is 0.150. The van der Waals surface area contributed by atoms with Gasteiger partial charge in [-0.1, -0.05) is 25.4 Å². The second kappa shape index (κ2) is 9.92. The van der Waals surface area contributed by atoms with Crippen LogP contribution in [0, 0.1) is 5.92 Å². The Morgan fingerprint density at radius 3 is 2.42 bits per heavy atom. The first kappa shape index (κ1) is 19.9. The van der Waals surface area contributed by atoms with E-state index in [4.69, 9.17) is 21.1 Å². The van der Waals surface area contributed by atoms with Gasteiger partial charge in [0.2, 0.25) is 5.91 Å². The molecule has 140 valence electrons. The Labute approximate surface area is 159 Å². The SMILES string of the molecule is COc1ccc(NC(=O)CNc2ccc(OCCC(C)C)cc2)cc1Cl. The van der Waals surface area contributed by atoms with E-state index >= 15 is 0 Å². The number of halogens is 1. The van der Waals surface area contributed by atoms with Gasteiger partial charge in [-0.15, -0.1) is 0 Å². The predicted octanol–water partition coefficient (Wildman–Crippen LogP) is 4.82. The van der Waals surface area contributed by atoms with Gasteiger partial charge in [0, 0.05) is 11.4 Å². The van der Waals surface area contributed by atoms with Crippen molar-refractivity contribution in [3.05, 3.63) is 47.5 Å². The minimum atomic E-state index is -0.163. The number of ether oxygens (including phenoxy) is 2. The Bertz CT molecular complexity index is 717. The zero-order valence-electron chi connectivity index (χ0n) is 15.3. The van der Waals surface area contributed by atoms with Gasteiger partial charge in [-0.2, -0.15) is 0 Å². The van der Waals surface area contributed by atoms with Crippen LogP contribution < -0.4 is 20.1 Å². The van der Waals surface area contributed by atoms with Crippen molar-refractivity contribution in [3.63, 3.8) is 0 Å². The van der Waals surface area contributed by atoms with Crippen LogP contribution in [0.4, 0.5) is 11.4 Å². The first-order valence-corrected chi connectivity index (χ1v) is 8.96. The highest BCUT2D eigenvalue weighted by Crippen LogP contribution is 2.27. The number of amides is 1. The van der Waals surface area contributed by atoms with Gasteiger partial charge in [0.05, 0.1) is 25.3 Å². The van der Waals surface area contributed by atoms with Gasteiger partial charge >= 0.3 is 0 Å². The van der Waals surface area contributed by atoms with E-state index in [-0.39, 0.29) is 12.5 Å². The quantitative estimate of drug-likeness (QED) is 0.658. The van der Waals surface area contributed by atoms with Crippen LogP contribution in [-0.4, -0.2) is 26.2 Å². The van der Waals surface area contributed by atoms with Crippen LogP contribution in [-0.2, 0) is 4.79 Å². The Morgan fingerprint density at radius 2 is 1.81 bits per heavy atom. The normalized spacial score (nSPS) is 10.5. The number of anilines is 2. The average molecular weight is 377 g/mol. The molecule has 0 unspecified atom stereocenters. The van der Waals surface area contributed by atoms with E-state index < -0.39 is 0 Å². The molecule has 0 aliphatic rings. The fraction of sp³-hybridized carbons (Fsp3) is 0.350. The van der Waals surface area contributed by atoms with E-state index in [9.17, 15) is 4.79 Å². The highest BCUT2D eigenvalue weighted by molar-refractivity contribution is 6.32. The summed E-state index contributed by atoms with van der Waals surface area (Å²) in [7, 11) is 1.55. The maximum Gasteiger partial charge on any atom is 0.243 e. The van der Waals surface area contributed by atoms with Gasteiger partial charge in [0.25, 0.3) is 0 Å². The number of carbonyl (C=O) groups is 1. The topological polar surface area (TPSA) is 59.6 Å². The molecule has 0 bridgehead atoms. The third kappa shape index (κ3) is 6.48. The highest BCUT2D eigenvalue weighted by atomic mass is 35.5. The maximum absolute atomic E-state index is 12.1. The summed E-state index contributed by atoms with van der Waals surface area (Å²) < 4.78 is 10.8. The van der Waals surface area contributed by atoms with Crippen molar-refractivity contribution in [3.8, 4) is 11.5 Å². The summed E-state index contributed by atoms with van der Waals surface area (Å²) in [5.74, 6) is 1.85. The smallest absolute Gasteiger partial charge is 0.243 e. The molecule has 2 N–H and O–H groups in total. The van der Waals surface area contributed by atoms with Crippen molar-refractivity contribution in [2.75, 3.05) is 30.9 Å². The van der Waals surface area contributed by atoms with Gasteiger partial charge < -0.3 is 20.1 Å². The van der Waals surface area contributed by atoms with Gasteiger partial charge in [-0.25, -0.2) is 0 Å². The molecule has 2 rings (SSSR count). The molecule has 26 heavy (non-hydrogen) atoms. The molecule has 0 spiro atoms. The second-order valence-electron chi connectivity index (χ2n) is 6.31. The molecular formula is C20H25ClN2O3. The Morgan fingerprint density at radius 1 is 1.12 bits per heavy atom. The number of nitrogens with one attached hydrogen (secondary N) is 2. The number of carbonyl (C=O) groups excluding carboxylic acids is 1. The number of hydrogen-bond acceptors (Lipinski definition) is 4. The molecule has 6 heteroatoms. The van der Waals surface area contributed by atoms with E-state index in [0.29, 0.717) is 29.0 Å². The molecule has 5 nitrogen and oxygen atoms in total. The van der Waals surface area contributed by atoms with Crippen molar-refractivity contribution in [1.29, 1.82) is 0 Å². The standard InChI is InChI=1S/C20H25ClN2O3/c1-14(2)10-11-26-17-7-4-15(5-8-17)22-13-20(24)23-16-6-9-19(25-3)18(21)12-16/h4-9,12,14,22H,10-11,13H2,1-3H3,(H,23,24). The van der Waals surface area contributed by atoms with Crippen molar-refractivity contribution >= 4 is 28.9 Å². The van der Waals surface area contributed by atoms with E-state index in [1.165, 1.54) is 0 Å². The van der Waals surface area contributed by atoms with Crippen molar-refractivity contribution in [1.82, 2.24) is 0 Å². The minimum Gasteiger partial charge on any atom is -0.495 e. The van der Waals surface area contributed by atoms with Crippen LogP contribution in [0.5, 0.6) is 11.5 Å². The van der Waals surface area contributed by atoms with Gasteiger partial charge in [0.15, 0.2) is 0 Å². The number of rotatable bonds is 9. The van der Waals surface area contributed by atoms with Crippen LogP contribution in [0.15, 0.2) is 42.5 Å². The average Bonchev–Trinajstić information content (AvgIpc) is 2.61. The first-order valence-electron chi connectivity index (χ1n) is 8.58. The van der Waals surface area contributed by atoms with Gasteiger partial charge in [-0.05, 0) is 54.8 Å². The molecule has 0 saturated carbocycles. The summed E-state index contributed by atoms with van der Waals surface area (Å²) >= 11 is 6.05. The molecular weight excluding hydrogens is 352 g/mol. The Kier molecular flexibility index (Phi) is 7.60. The molecule has 0 radical (unpaired) electrons. The van der Waals surface area contributed by atoms with Crippen LogP contribution in [0.3, 0.4) is 0 Å². The van der Waals surface area contributed by atoms with Crippen LogP contribution >= 0.6 is 11.6 Å². The number of benzene rings is 2. The number of methoxy groups -OCH3 is 1. The lowest BCUT2D eigenvalue weighted by atomic mass is 10.1. The lowest BCUT2D eigenvalue weighted by molar-refractivity contribution is -0.114. The van der Waals surface area contributed by atoms with Gasteiger partial charge in [-0.3, -0.25) is 4.79 Å². The lowest BCUT2D eigenvalue weighted by Gasteiger charge is -2.11. The monoisotopic (exact) mass is 376 g/mol. The molecule has 0 heterocycles. The van der Waals surface area contributed by atoms with Crippen molar-refractivity contribution in [2.24, 2.45) is 5.92 Å². The van der Waals surface area contributed by atoms with E-state index in [2.05, 4.69) is 24.5 Å². The molecule has 1 amide bonds. The maximum atomic E-state index is 12.1. The molecule has 2 aromatic rings. The molecule has 2 aromatic carbocycles. The third-order valence-corrected chi connectivity index (χ3v) is 4.00.